The van der Waals surface area contributed by atoms with Crippen LogP contribution in [-0.2, 0) is 6.42 Å². The van der Waals surface area contributed by atoms with E-state index in [1.807, 2.05) is 6.07 Å². The fraction of sp³-hybridized carbons (Fsp3) is 0.286. The summed E-state index contributed by atoms with van der Waals surface area (Å²) in [5.41, 5.74) is 8.21. The number of nitrogens with one attached hydrogen (secondary N) is 2. The molecule has 0 bridgehead atoms. The van der Waals surface area contributed by atoms with Crippen LogP contribution in [0.2, 0.25) is 0 Å². The topological polar surface area (TPSA) is 75.9 Å². The molecule has 2 rings (SSSR count). The minimum Gasteiger partial charge on any atom is -0.373 e. The van der Waals surface area contributed by atoms with Crippen molar-refractivity contribution in [1.29, 1.82) is 0 Å². The van der Waals surface area contributed by atoms with Gasteiger partial charge in [0.15, 0.2) is 0 Å². The van der Waals surface area contributed by atoms with Gasteiger partial charge in [-0.05, 0) is 18.9 Å². The Labute approximate surface area is 113 Å². The summed E-state index contributed by atoms with van der Waals surface area (Å²) < 4.78 is 0. The maximum atomic E-state index is 5.63. The minimum absolute atomic E-state index is 0.268. The van der Waals surface area contributed by atoms with Gasteiger partial charge in [0.1, 0.15) is 11.6 Å². The Morgan fingerprint density at radius 1 is 1.11 bits per heavy atom. The second kappa shape index (κ2) is 6.04. The van der Waals surface area contributed by atoms with Crippen LogP contribution in [0.3, 0.4) is 0 Å². The number of aryl methyl sites for hydroxylation is 1. The highest BCUT2D eigenvalue weighted by Crippen LogP contribution is 2.12. The van der Waals surface area contributed by atoms with Gasteiger partial charge in [0.25, 0.3) is 0 Å². The van der Waals surface area contributed by atoms with E-state index in [1.54, 1.807) is 7.05 Å². The van der Waals surface area contributed by atoms with Crippen LogP contribution in [0.5, 0.6) is 0 Å². The van der Waals surface area contributed by atoms with Crippen molar-refractivity contribution in [3.05, 3.63) is 41.5 Å². The van der Waals surface area contributed by atoms with Crippen molar-refractivity contribution in [2.45, 2.75) is 13.3 Å². The first-order chi connectivity index (χ1) is 9.17. The molecule has 0 aliphatic rings. The molecule has 4 N–H and O–H groups in total. The second-order valence-corrected chi connectivity index (χ2v) is 4.41. The summed E-state index contributed by atoms with van der Waals surface area (Å²) in [6.45, 7) is 2.90. The summed E-state index contributed by atoms with van der Waals surface area (Å²) in [6, 6.07) is 10.4. The van der Waals surface area contributed by atoms with Crippen LogP contribution in [0.1, 0.15) is 11.1 Å². The fourth-order valence-electron chi connectivity index (χ4n) is 1.77. The lowest BCUT2D eigenvalue weighted by atomic mass is 10.1. The van der Waals surface area contributed by atoms with Gasteiger partial charge in [0, 0.05) is 19.7 Å². The molecule has 0 atom stereocenters. The first kappa shape index (κ1) is 13.1. The average Bonchev–Trinajstić information content (AvgIpc) is 2.40. The second-order valence-electron chi connectivity index (χ2n) is 4.41. The number of hydrogen-bond acceptors (Lipinski definition) is 5. The van der Waals surface area contributed by atoms with E-state index in [4.69, 9.17) is 5.73 Å². The standard InChI is InChI=1S/C14H19N5/c1-10-3-5-11(6-4-10)7-8-17-13-9-12(16-2)18-14(15)19-13/h3-6,9H,7-8H2,1-2H3,(H4,15,16,17,18,19). The molecule has 19 heavy (non-hydrogen) atoms. The Bertz CT molecular complexity index is 536. The molecule has 5 heteroatoms. The lowest BCUT2D eigenvalue weighted by molar-refractivity contribution is 1.00. The summed E-state index contributed by atoms with van der Waals surface area (Å²) in [7, 11) is 1.80. The Morgan fingerprint density at radius 3 is 2.47 bits per heavy atom. The van der Waals surface area contributed by atoms with E-state index in [1.165, 1.54) is 11.1 Å². The predicted octanol–water partition coefficient (Wildman–Crippen LogP) is 2.06. The molecule has 1 heterocycles. The van der Waals surface area contributed by atoms with E-state index in [9.17, 15) is 0 Å². The highest BCUT2D eigenvalue weighted by molar-refractivity contribution is 5.50. The Balaban J connectivity index is 1.92. The van der Waals surface area contributed by atoms with Crippen molar-refractivity contribution >= 4 is 17.6 Å². The average molecular weight is 257 g/mol. The third-order valence-electron chi connectivity index (χ3n) is 2.84. The molecule has 1 aromatic heterocycles. The lowest BCUT2D eigenvalue weighted by Crippen LogP contribution is -2.09. The quantitative estimate of drug-likeness (QED) is 0.764. The molecule has 2 aromatic rings. The fourth-order valence-corrected chi connectivity index (χ4v) is 1.77. The van der Waals surface area contributed by atoms with Crippen LogP contribution in [-0.4, -0.2) is 23.6 Å². The zero-order valence-corrected chi connectivity index (χ0v) is 11.3. The molecule has 100 valence electrons. The summed E-state index contributed by atoms with van der Waals surface area (Å²) in [5.74, 6) is 1.72. The number of rotatable bonds is 5. The zero-order chi connectivity index (χ0) is 13.7. The Morgan fingerprint density at radius 2 is 1.79 bits per heavy atom. The third-order valence-corrected chi connectivity index (χ3v) is 2.84. The van der Waals surface area contributed by atoms with E-state index in [-0.39, 0.29) is 5.95 Å². The number of nitrogen functional groups attached to an aromatic ring is 1. The van der Waals surface area contributed by atoms with E-state index >= 15 is 0 Å². The number of nitrogens with zero attached hydrogens (tertiary/aromatic N) is 2. The summed E-state index contributed by atoms with van der Waals surface area (Å²) in [5, 5.41) is 6.20. The molecule has 0 saturated carbocycles. The van der Waals surface area contributed by atoms with E-state index in [0.29, 0.717) is 5.82 Å². The van der Waals surface area contributed by atoms with Gasteiger partial charge in [-0.15, -0.1) is 0 Å². The van der Waals surface area contributed by atoms with E-state index in [0.717, 1.165) is 18.8 Å². The first-order valence-corrected chi connectivity index (χ1v) is 6.29. The van der Waals surface area contributed by atoms with Gasteiger partial charge < -0.3 is 16.4 Å². The number of hydrogen-bond donors (Lipinski definition) is 3. The van der Waals surface area contributed by atoms with Crippen molar-refractivity contribution in [3.8, 4) is 0 Å². The van der Waals surface area contributed by atoms with Crippen LogP contribution < -0.4 is 16.4 Å². The van der Waals surface area contributed by atoms with Crippen molar-refractivity contribution in [2.75, 3.05) is 30.0 Å². The molecule has 1 aromatic carbocycles. The molecule has 0 aliphatic carbocycles. The van der Waals surface area contributed by atoms with Crippen molar-refractivity contribution in [2.24, 2.45) is 0 Å². The number of aromatic nitrogens is 2. The maximum absolute atomic E-state index is 5.63. The molecule has 0 radical (unpaired) electrons. The van der Waals surface area contributed by atoms with Crippen molar-refractivity contribution in [3.63, 3.8) is 0 Å². The third kappa shape index (κ3) is 3.84. The number of nitrogens with two attached hydrogens (primary N) is 1. The van der Waals surface area contributed by atoms with Gasteiger partial charge in [-0.3, -0.25) is 0 Å². The molecule has 5 nitrogen and oxygen atoms in total. The molecular weight excluding hydrogens is 238 g/mol. The molecule has 0 amide bonds. The Kier molecular flexibility index (Phi) is 4.18. The lowest BCUT2D eigenvalue weighted by Gasteiger charge is -2.08. The van der Waals surface area contributed by atoms with Gasteiger partial charge in [-0.1, -0.05) is 29.8 Å². The normalized spacial score (nSPS) is 10.2. The Hall–Kier alpha value is -2.30. The van der Waals surface area contributed by atoms with Crippen molar-refractivity contribution < 1.29 is 0 Å². The summed E-state index contributed by atoms with van der Waals surface area (Å²) in [4.78, 5) is 8.19. The van der Waals surface area contributed by atoms with Gasteiger partial charge >= 0.3 is 0 Å². The molecule has 0 fully saturated rings. The molecule has 0 saturated heterocycles. The van der Waals surface area contributed by atoms with Crippen LogP contribution in [0.4, 0.5) is 17.6 Å². The molecule has 0 spiro atoms. The summed E-state index contributed by atoms with van der Waals surface area (Å²) >= 11 is 0. The first-order valence-electron chi connectivity index (χ1n) is 6.29. The van der Waals surface area contributed by atoms with E-state index in [2.05, 4.69) is 51.8 Å². The van der Waals surface area contributed by atoms with Gasteiger partial charge in [0.05, 0.1) is 0 Å². The van der Waals surface area contributed by atoms with Crippen LogP contribution >= 0.6 is 0 Å². The van der Waals surface area contributed by atoms with Crippen LogP contribution in [0, 0.1) is 6.92 Å². The SMILES string of the molecule is CNc1cc(NCCc2ccc(C)cc2)nc(N)n1. The molecular formula is C14H19N5. The maximum Gasteiger partial charge on any atom is 0.223 e. The number of anilines is 3. The predicted molar refractivity (Wildman–Crippen MR) is 79.4 cm³/mol. The molecule has 0 unspecified atom stereocenters. The van der Waals surface area contributed by atoms with Crippen molar-refractivity contribution in [1.82, 2.24) is 9.97 Å². The monoisotopic (exact) mass is 257 g/mol. The number of benzene rings is 1. The van der Waals surface area contributed by atoms with E-state index < -0.39 is 0 Å². The van der Waals surface area contributed by atoms with Gasteiger partial charge in [-0.25, -0.2) is 0 Å². The molecule has 0 aliphatic heterocycles. The van der Waals surface area contributed by atoms with Gasteiger partial charge in [-0.2, -0.15) is 9.97 Å². The van der Waals surface area contributed by atoms with Crippen LogP contribution in [0.25, 0.3) is 0 Å². The highest BCUT2D eigenvalue weighted by Gasteiger charge is 2.00. The van der Waals surface area contributed by atoms with Gasteiger partial charge in [0.2, 0.25) is 5.95 Å². The summed E-state index contributed by atoms with van der Waals surface area (Å²) in [6.07, 6.45) is 0.944. The van der Waals surface area contributed by atoms with Crippen LogP contribution in [0.15, 0.2) is 30.3 Å². The highest BCUT2D eigenvalue weighted by atomic mass is 15.1. The zero-order valence-electron chi connectivity index (χ0n) is 11.3. The smallest absolute Gasteiger partial charge is 0.223 e. The largest absolute Gasteiger partial charge is 0.373 e. The minimum atomic E-state index is 0.268.